The number of aliphatic carboxylic acids is 1. The Kier molecular flexibility index (Phi) is 5.28. The highest BCUT2D eigenvalue weighted by molar-refractivity contribution is 8.00. The lowest BCUT2D eigenvalue weighted by Crippen LogP contribution is -2.34. The van der Waals surface area contributed by atoms with Crippen LogP contribution >= 0.6 is 11.8 Å². The number of hydrogen-bond acceptors (Lipinski definition) is 3. The van der Waals surface area contributed by atoms with Gasteiger partial charge in [-0.05, 0) is 44.7 Å². The quantitative estimate of drug-likeness (QED) is 0.821. The number of amides is 1. The van der Waals surface area contributed by atoms with Crippen molar-refractivity contribution in [2.75, 3.05) is 5.75 Å². The molecule has 0 unspecified atom stereocenters. The van der Waals surface area contributed by atoms with Crippen LogP contribution < -0.4 is 5.32 Å². The molecule has 1 saturated carbocycles. The van der Waals surface area contributed by atoms with E-state index >= 15 is 0 Å². The Hall–Kier alpha value is -1.49. The van der Waals surface area contributed by atoms with E-state index in [-0.39, 0.29) is 17.9 Å². The first-order chi connectivity index (χ1) is 9.95. The number of carboxylic acids is 1. The topological polar surface area (TPSA) is 66.4 Å². The fraction of sp³-hybridized carbons (Fsp3) is 0.500. The molecule has 1 aromatic carbocycles. The molecule has 0 heterocycles. The molecule has 0 spiro atoms. The van der Waals surface area contributed by atoms with Gasteiger partial charge in [-0.2, -0.15) is 0 Å². The molecule has 2 rings (SSSR count). The lowest BCUT2D eigenvalue weighted by atomic mass is 10.1. The summed E-state index contributed by atoms with van der Waals surface area (Å²) in [5.41, 5.74) is 2.39. The molecular formula is C16H21NO3S. The molecular weight excluding hydrogens is 286 g/mol. The summed E-state index contributed by atoms with van der Waals surface area (Å²) in [6, 6.07) is 6.20. The second-order valence-corrected chi connectivity index (χ2v) is 6.69. The van der Waals surface area contributed by atoms with Gasteiger partial charge in [0.15, 0.2) is 0 Å². The molecule has 0 aliphatic heterocycles. The Morgan fingerprint density at radius 3 is 2.71 bits per heavy atom. The molecule has 1 aliphatic carbocycles. The fourth-order valence-electron chi connectivity index (χ4n) is 2.71. The van der Waals surface area contributed by atoms with Crippen molar-refractivity contribution >= 4 is 23.6 Å². The second-order valence-electron chi connectivity index (χ2n) is 5.67. The molecule has 0 aromatic heterocycles. The van der Waals surface area contributed by atoms with Gasteiger partial charge in [0.1, 0.15) is 0 Å². The molecule has 0 saturated heterocycles. The molecule has 2 atom stereocenters. The van der Waals surface area contributed by atoms with Crippen LogP contribution in [0.5, 0.6) is 0 Å². The van der Waals surface area contributed by atoms with E-state index in [0.717, 1.165) is 11.3 Å². The Labute approximate surface area is 129 Å². The van der Waals surface area contributed by atoms with Crippen LogP contribution in [0.3, 0.4) is 0 Å². The van der Waals surface area contributed by atoms with Crippen LogP contribution in [0.25, 0.3) is 0 Å². The summed E-state index contributed by atoms with van der Waals surface area (Å²) in [5, 5.41) is 11.9. The number of aryl methyl sites for hydroxylation is 2. The molecule has 114 valence electrons. The summed E-state index contributed by atoms with van der Waals surface area (Å²) in [6.45, 7) is 4.09. The van der Waals surface area contributed by atoms with Crippen molar-refractivity contribution in [3.8, 4) is 0 Å². The highest BCUT2D eigenvalue weighted by Crippen LogP contribution is 2.26. The number of benzene rings is 1. The summed E-state index contributed by atoms with van der Waals surface area (Å²) in [7, 11) is 0. The van der Waals surface area contributed by atoms with Crippen molar-refractivity contribution < 1.29 is 14.7 Å². The largest absolute Gasteiger partial charge is 0.481 e. The molecule has 1 fully saturated rings. The van der Waals surface area contributed by atoms with E-state index in [1.54, 1.807) is 0 Å². The maximum Gasteiger partial charge on any atom is 0.306 e. The Bertz CT molecular complexity index is 544. The lowest BCUT2D eigenvalue weighted by molar-refractivity contribution is -0.141. The van der Waals surface area contributed by atoms with Crippen LogP contribution in [-0.2, 0) is 9.59 Å². The SMILES string of the molecule is Cc1ccc(SCC(=O)N[C@@H]2CC[C@H](C(=O)O)C2)c(C)c1. The maximum absolute atomic E-state index is 11.9. The van der Waals surface area contributed by atoms with Crippen LogP contribution in [0.15, 0.2) is 23.1 Å². The number of rotatable bonds is 5. The monoisotopic (exact) mass is 307 g/mol. The number of carboxylic acid groups (broad SMARTS) is 1. The van der Waals surface area contributed by atoms with Gasteiger partial charge in [0, 0.05) is 10.9 Å². The molecule has 1 amide bonds. The van der Waals surface area contributed by atoms with Gasteiger partial charge in [0.05, 0.1) is 11.7 Å². The molecule has 2 N–H and O–H groups in total. The maximum atomic E-state index is 11.9. The van der Waals surface area contributed by atoms with Gasteiger partial charge < -0.3 is 10.4 Å². The van der Waals surface area contributed by atoms with Crippen molar-refractivity contribution in [2.24, 2.45) is 5.92 Å². The second kappa shape index (κ2) is 6.98. The molecule has 21 heavy (non-hydrogen) atoms. The van der Waals surface area contributed by atoms with Crippen LogP contribution in [0.2, 0.25) is 0 Å². The van der Waals surface area contributed by atoms with E-state index in [2.05, 4.69) is 11.4 Å². The third-order valence-electron chi connectivity index (χ3n) is 3.84. The molecule has 1 aromatic rings. The number of hydrogen-bond donors (Lipinski definition) is 2. The normalized spacial score (nSPS) is 21.2. The first-order valence-corrected chi connectivity index (χ1v) is 8.16. The first kappa shape index (κ1) is 15.9. The first-order valence-electron chi connectivity index (χ1n) is 7.18. The summed E-state index contributed by atoms with van der Waals surface area (Å²) in [6.07, 6.45) is 1.97. The van der Waals surface area contributed by atoms with Crippen LogP contribution in [0.1, 0.15) is 30.4 Å². The highest BCUT2D eigenvalue weighted by Gasteiger charge is 2.30. The zero-order valence-electron chi connectivity index (χ0n) is 12.4. The standard InChI is InChI=1S/C16H21NO3S/c1-10-3-6-14(11(2)7-10)21-9-15(18)17-13-5-4-12(8-13)16(19)20/h3,6-7,12-13H,4-5,8-9H2,1-2H3,(H,17,18)(H,19,20)/t12-,13+/m0/s1. The Morgan fingerprint density at radius 2 is 2.10 bits per heavy atom. The van der Waals surface area contributed by atoms with E-state index < -0.39 is 5.97 Å². The summed E-state index contributed by atoms with van der Waals surface area (Å²) >= 11 is 1.53. The van der Waals surface area contributed by atoms with Gasteiger partial charge in [-0.25, -0.2) is 0 Å². The van der Waals surface area contributed by atoms with Crippen LogP contribution in [0.4, 0.5) is 0 Å². The summed E-state index contributed by atoms with van der Waals surface area (Å²) in [4.78, 5) is 24.0. The van der Waals surface area contributed by atoms with Crippen molar-refractivity contribution in [1.82, 2.24) is 5.32 Å². The summed E-state index contributed by atoms with van der Waals surface area (Å²) < 4.78 is 0. The predicted molar refractivity (Wildman–Crippen MR) is 83.5 cm³/mol. The van der Waals surface area contributed by atoms with Gasteiger partial charge in [-0.15, -0.1) is 11.8 Å². The van der Waals surface area contributed by atoms with Crippen molar-refractivity contribution in [3.05, 3.63) is 29.3 Å². The van der Waals surface area contributed by atoms with E-state index in [9.17, 15) is 9.59 Å². The van der Waals surface area contributed by atoms with Crippen molar-refractivity contribution in [1.29, 1.82) is 0 Å². The molecule has 4 nitrogen and oxygen atoms in total. The predicted octanol–water partition coefficient (Wildman–Crippen LogP) is 2.77. The molecule has 0 radical (unpaired) electrons. The Morgan fingerprint density at radius 1 is 1.33 bits per heavy atom. The molecule has 5 heteroatoms. The average Bonchev–Trinajstić information content (AvgIpc) is 2.86. The van der Waals surface area contributed by atoms with Gasteiger partial charge in [-0.3, -0.25) is 9.59 Å². The molecule has 0 bridgehead atoms. The van der Waals surface area contributed by atoms with Crippen LogP contribution in [-0.4, -0.2) is 28.8 Å². The molecule has 1 aliphatic rings. The number of thioether (sulfide) groups is 1. The van der Waals surface area contributed by atoms with E-state index in [4.69, 9.17) is 5.11 Å². The highest BCUT2D eigenvalue weighted by atomic mass is 32.2. The zero-order valence-corrected chi connectivity index (χ0v) is 13.2. The van der Waals surface area contributed by atoms with Crippen molar-refractivity contribution in [2.45, 2.75) is 44.0 Å². The van der Waals surface area contributed by atoms with E-state index in [1.807, 2.05) is 26.0 Å². The van der Waals surface area contributed by atoms with Crippen LogP contribution in [0, 0.1) is 19.8 Å². The Balaban J connectivity index is 1.79. The lowest BCUT2D eigenvalue weighted by Gasteiger charge is -2.12. The number of carbonyl (C=O) groups is 2. The average molecular weight is 307 g/mol. The minimum atomic E-state index is -0.753. The smallest absolute Gasteiger partial charge is 0.306 e. The third-order valence-corrected chi connectivity index (χ3v) is 5.01. The fourth-order valence-corrected chi connectivity index (χ4v) is 3.53. The van der Waals surface area contributed by atoms with Gasteiger partial charge in [-0.1, -0.05) is 17.7 Å². The van der Waals surface area contributed by atoms with E-state index in [1.165, 1.54) is 22.9 Å². The third kappa shape index (κ3) is 4.49. The van der Waals surface area contributed by atoms with Gasteiger partial charge in [0.2, 0.25) is 5.91 Å². The minimum absolute atomic E-state index is 0.0123. The van der Waals surface area contributed by atoms with Gasteiger partial charge in [0.25, 0.3) is 0 Å². The minimum Gasteiger partial charge on any atom is -0.481 e. The number of carbonyl (C=O) groups excluding carboxylic acids is 1. The van der Waals surface area contributed by atoms with E-state index in [0.29, 0.717) is 18.6 Å². The summed E-state index contributed by atoms with van der Waals surface area (Å²) in [5.74, 6) is -0.701. The zero-order chi connectivity index (χ0) is 15.4. The number of nitrogens with one attached hydrogen (secondary N) is 1. The van der Waals surface area contributed by atoms with Gasteiger partial charge >= 0.3 is 5.97 Å². The van der Waals surface area contributed by atoms with Crippen molar-refractivity contribution in [3.63, 3.8) is 0 Å².